The third-order valence-corrected chi connectivity index (χ3v) is 7.08. The first kappa shape index (κ1) is 22.8. The minimum atomic E-state index is 0.867. The third kappa shape index (κ3) is 4.31. The zero-order chi connectivity index (χ0) is 25.2. The monoisotopic (exact) mass is 481 g/mol. The first-order valence-corrected chi connectivity index (χ1v) is 12.6. The molecule has 0 amide bonds. The largest absolute Gasteiger partial charge is 0.497 e. The molecule has 1 atom stereocenters. The van der Waals surface area contributed by atoms with Gasteiger partial charge in [0.2, 0.25) is 0 Å². The van der Waals surface area contributed by atoms with Crippen molar-refractivity contribution in [2.75, 3.05) is 19.1 Å². The van der Waals surface area contributed by atoms with E-state index >= 15 is 0 Å². The van der Waals surface area contributed by atoms with Gasteiger partial charge in [0, 0.05) is 34.7 Å². The van der Waals surface area contributed by atoms with E-state index in [4.69, 9.17) is 4.74 Å². The van der Waals surface area contributed by atoms with E-state index in [1.54, 1.807) is 7.11 Å². The number of nitrogens with one attached hydrogen (secondary N) is 1. The molecule has 1 unspecified atom stereocenters. The van der Waals surface area contributed by atoms with E-state index in [1.165, 1.54) is 32.1 Å². The lowest BCUT2D eigenvalue weighted by Crippen LogP contribution is -2.98. The molecule has 0 saturated heterocycles. The zero-order valence-corrected chi connectivity index (χ0v) is 21.1. The Kier molecular flexibility index (Phi) is 6.05. The van der Waals surface area contributed by atoms with Crippen LogP contribution in [0.4, 0.5) is 28.4 Å². The van der Waals surface area contributed by atoms with E-state index < -0.39 is 0 Å². The molecule has 6 aromatic rings. The molecule has 180 valence electrons. The number of methoxy groups -OCH3 is 1. The van der Waals surface area contributed by atoms with Crippen molar-refractivity contribution in [3.63, 3.8) is 0 Å². The van der Waals surface area contributed by atoms with Crippen LogP contribution < -0.4 is 14.5 Å². The number of rotatable bonds is 6. The summed E-state index contributed by atoms with van der Waals surface area (Å²) in [4.78, 5) is 3.60. The maximum atomic E-state index is 5.44. The van der Waals surface area contributed by atoms with E-state index in [1.807, 2.05) is 12.1 Å². The maximum Gasteiger partial charge on any atom is 0.139 e. The van der Waals surface area contributed by atoms with Crippen molar-refractivity contribution in [1.82, 2.24) is 0 Å². The molecule has 1 N–H and O–H groups in total. The van der Waals surface area contributed by atoms with Gasteiger partial charge in [0.1, 0.15) is 17.1 Å². The summed E-state index contributed by atoms with van der Waals surface area (Å²) in [6, 6.07) is 47.4. The summed E-state index contributed by atoms with van der Waals surface area (Å²) in [6.07, 6.45) is 0. The van der Waals surface area contributed by atoms with Gasteiger partial charge in [-0.15, -0.1) is 0 Å². The van der Waals surface area contributed by atoms with Gasteiger partial charge in [0.15, 0.2) is 0 Å². The van der Waals surface area contributed by atoms with Gasteiger partial charge in [-0.1, -0.05) is 78.9 Å². The van der Waals surface area contributed by atoms with Crippen molar-refractivity contribution in [3.05, 3.63) is 133 Å². The molecule has 3 heteroatoms. The number of fused-ring (bicyclic) bond motifs is 2. The van der Waals surface area contributed by atoms with E-state index in [0.29, 0.717) is 0 Å². The Morgan fingerprint density at radius 3 is 1.68 bits per heavy atom. The number of ether oxygens (including phenoxy) is 1. The van der Waals surface area contributed by atoms with Crippen LogP contribution in [0.1, 0.15) is 0 Å². The Balaban J connectivity index is 1.49. The van der Waals surface area contributed by atoms with Crippen LogP contribution in [0.2, 0.25) is 0 Å². The van der Waals surface area contributed by atoms with Gasteiger partial charge in [0.25, 0.3) is 0 Å². The standard InChI is InChI=1S/C34H28N2O/c1-35(29-14-9-15-30(24-29)37-2)27-20-22-28(23-21-27)36(33-18-7-12-25-10-3-5-16-31(25)33)34-19-8-13-26-11-4-6-17-32(26)34/h3-24H,1-2H3/p+1. The molecule has 3 nitrogen and oxygen atoms in total. The Labute approximate surface area is 217 Å². The van der Waals surface area contributed by atoms with Gasteiger partial charge < -0.3 is 9.64 Å². The van der Waals surface area contributed by atoms with Crippen LogP contribution in [-0.4, -0.2) is 14.2 Å². The lowest BCUT2D eigenvalue weighted by Gasteiger charge is -2.28. The highest BCUT2D eigenvalue weighted by molar-refractivity contribution is 6.04. The van der Waals surface area contributed by atoms with E-state index in [2.05, 4.69) is 133 Å². The minimum Gasteiger partial charge on any atom is -0.497 e. The third-order valence-electron chi connectivity index (χ3n) is 7.08. The fourth-order valence-corrected chi connectivity index (χ4v) is 5.10. The molecule has 6 rings (SSSR count). The van der Waals surface area contributed by atoms with Crippen molar-refractivity contribution in [2.45, 2.75) is 0 Å². The van der Waals surface area contributed by atoms with Crippen molar-refractivity contribution in [1.29, 1.82) is 0 Å². The second-order valence-corrected chi connectivity index (χ2v) is 9.24. The first-order chi connectivity index (χ1) is 18.2. The molecule has 0 heterocycles. The average molecular weight is 482 g/mol. The van der Waals surface area contributed by atoms with Gasteiger partial charge in [-0.25, -0.2) is 0 Å². The molecule has 0 aliphatic carbocycles. The molecule has 37 heavy (non-hydrogen) atoms. The number of hydrogen-bond donors (Lipinski definition) is 1. The predicted octanol–water partition coefficient (Wildman–Crippen LogP) is 7.95. The normalized spacial score (nSPS) is 11.9. The summed E-state index contributed by atoms with van der Waals surface area (Å²) in [5.74, 6) is 0.867. The highest BCUT2D eigenvalue weighted by Gasteiger charge is 2.19. The molecule has 0 bridgehead atoms. The Morgan fingerprint density at radius 1 is 0.541 bits per heavy atom. The van der Waals surface area contributed by atoms with Crippen LogP contribution in [0.3, 0.4) is 0 Å². The van der Waals surface area contributed by atoms with Crippen LogP contribution in [-0.2, 0) is 0 Å². The maximum absolute atomic E-state index is 5.44. The summed E-state index contributed by atoms with van der Waals surface area (Å²) in [6.45, 7) is 0. The Morgan fingerprint density at radius 2 is 1.08 bits per heavy atom. The zero-order valence-electron chi connectivity index (χ0n) is 21.1. The van der Waals surface area contributed by atoms with Crippen LogP contribution in [0.15, 0.2) is 133 Å². The SMILES string of the molecule is COc1cccc([NH+](C)c2ccc(N(c3cccc4ccccc34)c3cccc4ccccc34)cc2)c1. The summed E-state index contributed by atoms with van der Waals surface area (Å²) in [5, 5.41) is 4.90. The number of quaternary nitrogens is 1. The molecule has 0 aliphatic heterocycles. The number of nitrogens with zero attached hydrogens (tertiary/aromatic N) is 1. The lowest BCUT2D eigenvalue weighted by molar-refractivity contribution is -0.735. The van der Waals surface area contributed by atoms with Gasteiger partial charge in [0.05, 0.1) is 25.5 Å². The molecule has 0 saturated carbocycles. The van der Waals surface area contributed by atoms with E-state index in [9.17, 15) is 0 Å². The average Bonchev–Trinajstić information content (AvgIpc) is 2.97. The molecule has 0 radical (unpaired) electrons. The quantitative estimate of drug-likeness (QED) is 0.260. The molecular weight excluding hydrogens is 452 g/mol. The summed E-state index contributed by atoms with van der Waals surface area (Å²) in [7, 11) is 3.87. The van der Waals surface area contributed by atoms with Crippen molar-refractivity contribution >= 4 is 50.0 Å². The topological polar surface area (TPSA) is 16.9 Å². The molecular formula is C34H29N2O+. The van der Waals surface area contributed by atoms with Crippen LogP contribution in [0.25, 0.3) is 21.5 Å². The molecule has 0 aromatic heterocycles. The fourth-order valence-electron chi connectivity index (χ4n) is 5.10. The Hall–Kier alpha value is -4.60. The van der Waals surface area contributed by atoms with Crippen LogP contribution in [0.5, 0.6) is 5.75 Å². The van der Waals surface area contributed by atoms with Crippen molar-refractivity contribution < 1.29 is 9.64 Å². The predicted molar refractivity (Wildman–Crippen MR) is 155 cm³/mol. The fraction of sp³-hybridized carbons (Fsp3) is 0.0588. The molecule has 6 aromatic carbocycles. The first-order valence-electron chi connectivity index (χ1n) is 12.6. The van der Waals surface area contributed by atoms with E-state index in [-0.39, 0.29) is 0 Å². The van der Waals surface area contributed by atoms with Gasteiger partial charge >= 0.3 is 0 Å². The van der Waals surface area contributed by atoms with E-state index in [0.717, 1.165) is 28.5 Å². The summed E-state index contributed by atoms with van der Waals surface area (Å²) in [5.41, 5.74) is 5.79. The van der Waals surface area contributed by atoms with Crippen LogP contribution >= 0.6 is 0 Å². The van der Waals surface area contributed by atoms with Crippen molar-refractivity contribution in [3.8, 4) is 5.75 Å². The molecule has 0 aliphatic rings. The number of benzene rings is 6. The smallest absolute Gasteiger partial charge is 0.139 e. The van der Waals surface area contributed by atoms with Gasteiger partial charge in [-0.2, -0.15) is 0 Å². The van der Waals surface area contributed by atoms with Crippen molar-refractivity contribution in [2.24, 2.45) is 0 Å². The summed E-state index contributed by atoms with van der Waals surface area (Å²) >= 11 is 0. The second kappa shape index (κ2) is 9.81. The molecule has 0 spiro atoms. The lowest BCUT2D eigenvalue weighted by atomic mass is 10.0. The summed E-state index contributed by atoms with van der Waals surface area (Å²) < 4.78 is 5.44. The van der Waals surface area contributed by atoms with Gasteiger partial charge in [-0.3, -0.25) is 4.90 Å². The number of anilines is 3. The van der Waals surface area contributed by atoms with Gasteiger partial charge in [-0.05, 0) is 47.2 Å². The second-order valence-electron chi connectivity index (χ2n) is 9.24. The Bertz CT molecular complexity index is 1600. The number of hydrogen-bond acceptors (Lipinski definition) is 2. The molecule has 0 fully saturated rings. The minimum absolute atomic E-state index is 0.867. The highest BCUT2D eigenvalue weighted by Crippen LogP contribution is 2.41. The van der Waals surface area contributed by atoms with Crippen LogP contribution in [0, 0.1) is 0 Å². The highest BCUT2D eigenvalue weighted by atomic mass is 16.5.